The van der Waals surface area contributed by atoms with Crippen molar-refractivity contribution in [2.75, 3.05) is 26.7 Å². The molecule has 1 aromatic rings. The molecule has 1 atom stereocenters. The zero-order valence-electron chi connectivity index (χ0n) is 11.7. The highest BCUT2D eigenvalue weighted by molar-refractivity contribution is 7.89. The van der Waals surface area contributed by atoms with E-state index in [9.17, 15) is 8.42 Å². The Morgan fingerprint density at radius 1 is 1.55 bits per heavy atom. The fraction of sp³-hybridized carbons (Fsp3) is 0.750. The molecule has 114 valence electrons. The Kier molecular flexibility index (Phi) is 5.14. The summed E-state index contributed by atoms with van der Waals surface area (Å²) in [5.41, 5.74) is 0. The zero-order valence-corrected chi connectivity index (χ0v) is 12.5. The van der Waals surface area contributed by atoms with Crippen molar-refractivity contribution >= 4 is 10.0 Å². The summed E-state index contributed by atoms with van der Waals surface area (Å²) in [7, 11) is -1.52. The lowest BCUT2D eigenvalue weighted by Crippen LogP contribution is -2.46. The molecular formula is C12H22N4O3S. The highest BCUT2D eigenvalue weighted by atomic mass is 32.2. The second-order valence-corrected chi connectivity index (χ2v) is 6.95. The van der Waals surface area contributed by atoms with Gasteiger partial charge in [0.05, 0.1) is 6.20 Å². The van der Waals surface area contributed by atoms with Gasteiger partial charge in [0.2, 0.25) is 10.0 Å². The summed E-state index contributed by atoms with van der Waals surface area (Å²) >= 11 is 0. The summed E-state index contributed by atoms with van der Waals surface area (Å²) in [6, 6.07) is -0.0421. The third-order valence-electron chi connectivity index (χ3n) is 3.41. The van der Waals surface area contributed by atoms with Crippen molar-refractivity contribution < 1.29 is 13.5 Å². The molecule has 0 spiro atoms. The van der Waals surface area contributed by atoms with Crippen LogP contribution in [0.4, 0.5) is 0 Å². The van der Waals surface area contributed by atoms with Crippen LogP contribution in [0, 0.1) is 0 Å². The van der Waals surface area contributed by atoms with Crippen molar-refractivity contribution in [2.45, 2.75) is 36.7 Å². The van der Waals surface area contributed by atoms with E-state index >= 15 is 0 Å². The van der Waals surface area contributed by atoms with Gasteiger partial charge in [0.15, 0.2) is 0 Å². The van der Waals surface area contributed by atoms with Gasteiger partial charge in [0.25, 0.3) is 0 Å². The monoisotopic (exact) mass is 302 g/mol. The summed E-state index contributed by atoms with van der Waals surface area (Å²) in [5.74, 6) is 0. The number of aliphatic hydroxyl groups is 1. The number of sulfonamides is 1. The predicted octanol–water partition coefficient (Wildman–Crippen LogP) is -0.362. The molecule has 0 bridgehead atoms. The van der Waals surface area contributed by atoms with Crippen molar-refractivity contribution in [1.82, 2.24) is 19.4 Å². The van der Waals surface area contributed by atoms with Gasteiger partial charge in [-0.25, -0.2) is 13.1 Å². The number of hydrogen-bond donors (Lipinski definition) is 2. The SMILES string of the molecule is CN1CCCC(NS(=O)(=O)c2cnn(CCCO)c2)C1. The maximum atomic E-state index is 12.3. The minimum atomic E-state index is -3.51. The molecule has 0 saturated carbocycles. The summed E-state index contributed by atoms with van der Waals surface area (Å²) in [6.07, 6.45) is 5.28. The van der Waals surface area contributed by atoms with Crippen LogP contribution in [0.15, 0.2) is 17.3 Å². The third-order valence-corrected chi connectivity index (χ3v) is 4.89. The zero-order chi connectivity index (χ0) is 14.6. The maximum Gasteiger partial charge on any atom is 0.243 e. The van der Waals surface area contributed by atoms with Gasteiger partial charge in [-0.3, -0.25) is 4.68 Å². The number of aliphatic hydroxyl groups excluding tert-OH is 1. The number of likely N-dealkylation sites (N-methyl/N-ethyl adjacent to an activating group) is 1. The van der Waals surface area contributed by atoms with Crippen molar-refractivity contribution in [1.29, 1.82) is 0 Å². The molecule has 20 heavy (non-hydrogen) atoms. The van der Waals surface area contributed by atoms with E-state index in [2.05, 4.69) is 14.7 Å². The maximum absolute atomic E-state index is 12.3. The Bertz CT molecular complexity index is 529. The molecule has 2 heterocycles. The van der Waals surface area contributed by atoms with Crippen LogP contribution in [0.1, 0.15) is 19.3 Å². The Balaban J connectivity index is 2.00. The Morgan fingerprint density at radius 2 is 2.35 bits per heavy atom. The first-order valence-corrected chi connectivity index (χ1v) is 8.34. The number of aryl methyl sites for hydroxylation is 1. The van der Waals surface area contributed by atoms with Crippen LogP contribution in [0.25, 0.3) is 0 Å². The molecule has 8 heteroatoms. The van der Waals surface area contributed by atoms with E-state index in [4.69, 9.17) is 5.11 Å². The first kappa shape index (κ1) is 15.4. The fourth-order valence-corrected chi connectivity index (χ4v) is 3.60. The van der Waals surface area contributed by atoms with Crippen LogP contribution in [-0.2, 0) is 16.6 Å². The van der Waals surface area contributed by atoms with Gasteiger partial charge in [-0.1, -0.05) is 0 Å². The lowest BCUT2D eigenvalue weighted by molar-refractivity contribution is 0.242. The van der Waals surface area contributed by atoms with Gasteiger partial charge >= 0.3 is 0 Å². The lowest BCUT2D eigenvalue weighted by Gasteiger charge is -2.29. The van der Waals surface area contributed by atoms with Crippen LogP contribution < -0.4 is 4.72 Å². The molecule has 1 aliphatic rings. The molecule has 1 aromatic heterocycles. The van der Waals surface area contributed by atoms with E-state index in [0.717, 1.165) is 25.9 Å². The quantitative estimate of drug-likeness (QED) is 0.749. The smallest absolute Gasteiger partial charge is 0.243 e. The Hall–Kier alpha value is -0.960. The fourth-order valence-electron chi connectivity index (χ4n) is 2.39. The van der Waals surface area contributed by atoms with Crippen LogP contribution in [-0.4, -0.2) is 61.0 Å². The molecule has 1 fully saturated rings. The van der Waals surface area contributed by atoms with Crippen molar-refractivity contribution in [2.24, 2.45) is 0 Å². The number of hydrogen-bond acceptors (Lipinski definition) is 5. The van der Waals surface area contributed by atoms with E-state index in [1.165, 1.54) is 17.1 Å². The molecule has 1 saturated heterocycles. The van der Waals surface area contributed by atoms with Crippen molar-refractivity contribution in [3.05, 3.63) is 12.4 Å². The summed E-state index contributed by atoms with van der Waals surface area (Å²) in [4.78, 5) is 2.31. The van der Waals surface area contributed by atoms with Gasteiger partial charge in [0, 0.05) is 31.9 Å². The van der Waals surface area contributed by atoms with Crippen LogP contribution in [0.2, 0.25) is 0 Å². The number of aromatic nitrogens is 2. The van der Waals surface area contributed by atoms with Crippen LogP contribution >= 0.6 is 0 Å². The predicted molar refractivity (Wildman–Crippen MR) is 74.8 cm³/mol. The molecule has 7 nitrogen and oxygen atoms in total. The van der Waals surface area contributed by atoms with Gasteiger partial charge < -0.3 is 10.0 Å². The van der Waals surface area contributed by atoms with Gasteiger partial charge in [-0.15, -0.1) is 0 Å². The average molecular weight is 302 g/mol. The molecule has 1 unspecified atom stereocenters. The number of nitrogens with one attached hydrogen (secondary N) is 1. The number of piperidine rings is 1. The van der Waals surface area contributed by atoms with E-state index in [1.807, 2.05) is 7.05 Å². The molecule has 0 amide bonds. The van der Waals surface area contributed by atoms with E-state index in [0.29, 0.717) is 13.0 Å². The van der Waals surface area contributed by atoms with Crippen LogP contribution in [0.5, 0.6) is 0 Å². The molecule has 0 aromatic carbocycles. The molecule has 2 N–H and O–H groups in total. The minimum Gasteiger partial charge on any atom is -0.396 e. The third kappa shape index (κ3) is 4.02. The number of nitrogens with zero attached hydrogens (tertiary/aromatic N) is 3. The highest BCUT2D eigenvalue weighted by Crippen LogP contribution is 2.13. The van der Waals surface area contributed by atoms with E-state index < -0.39 is 10.0 Å². The van der Waals surface area contributed by atoms with Gasteiger partial charge in [-0.05, 0) is 32.9 Å². The average Bonchev–Trinajstić information content (AvgIpc) is 2.85. The normalized spacial score (nSPS) is 21.2. The summed E-state index contributed by atoms with van der Waals surface area (Å²) in [5, 5.41) is 12.8. The van der Waals surface area contributed by atoms with Gasteiger partial charge in [-0.2, -0.15) is 5.10 Å². The largest absolute Gasteiger partial charge is 0.396 e. The van der Waals surface area contributed by atoms with E-state index in [1.54, 1.807) is 0 Å². The second-order valence-electron chi connectivity index (χ2n) is 5.24. The van der Waals surface area contributed by atoms with Crippen LogP contribution in [0.3, 0.4) is 0 Å². The molecule has 1 aliphatic heterocycles. The molecular weight excluding hydrogens is 280 g/mol. The minimum absolute atomic E-state index is 0.0421. The lowest BCUT2D eigenvalue weighted by atomic mass is 10.1. The van der Waals surface area contributed by atoms with E-state index in [-0.39, 0.29) is 17.5 Å². The highest BCUT2D eigenvalue weighted by Gasteiger charge is 2.24. The molecule has 2 rings (SSSR count). The Morgan fingerprint density at radius 3 is 3.05 bits per heavy atom. The standard InChI is InChI=1S/C12H22N4O3S/c1-15-5-2-4-11(9-15)14-20(18,19)12-8-13-16(10-12)6-3-7-17/h8,10-11,14,17H,2-7,9H2,1H3. The molecule has 0 aliphatic carbocycles. The topological polar surface area (TPSA) is 87.5 Å². The van der Waals surface area contributed by atoms with Gasteiger partial charge in [0.1, 0.15) is 4.90 Å². The number of likely N-dealkylation sites (tertiary alicyclic amines) is 1. The second kappa shape index (κ2) is 6.66. The van der Waals surface area contributed by atoms with Crippen molar-refractivity contribution in [3.8, 4) is 0 Å². The molecule has 0 radical (unpaired) electrons. The first-order valence-electron chi connectivity index (χ1n) is 6.85. The summed E-state index contributed by atoms with van der Waals surface area (Å²) < 4.78 is 28.8. The number of rotatable bonds is 6. The summed E-state index contributed by atoms with van der Waals surface area (Å²) in [6.45, 7) is 2.32. The van der Waals surface area contributed by atoms with Crippen molar-refractivity contribution in [3.63, 3.8) is 0 Å². The first-order chi connectivity index (χ1) is 9.51. The Labute approximate surface area is 119 Å².